The van der Waals surface area contributed by atoms with Crippen molar-refractivity contribution >= 4 is 11.8 Å². The van der Waals surface area contributed by atoms with Crippen LogP contribution in [0.1, 0.15) is 91.4 Å². The van der Waals surface area contributed by atoms with E-state index in [4.69, 9.17) is 4.74 Å². The quantitative estimate of drug-likeness (QED) is 0.610. The van der Waals surface area contributed by atoms with Crippen LogP contribution in [0.4, 0.5) is 0 Å². The van der Waals surface area contributed by atoms with Gasteiger partial charge < -0.3 is 14.9 Å². The molecule has 0 saturated heterocycles. The fraction of sp³-hybridized carbons (Fsp3) is 0.846. The van der Waals surface area contributed by atoms with E-state index in [0.29, 0.717) is 37.0 Å². The molecule has 0 radical (unpaired) electrons. The lowest BCUT2D eigenvalue weighted by Gasteiger charge is -2.60. The predicted octanol–water partition coefficient (Wildman–Crippen LogP) is 4.34. The van der Waals surface area contributed by atoms with E-state index in [0.717, 1.165) is 51.4 Å². The lowest BCUT2D eigenvalue weighted by Crippen LogP contribution is -2.61. The van der Waals surface area contributed by atoms with Crippen LogP contribution in [-0.2, 0) is 14.3 Å². The van der Waals surface area contributed by atoms with Crippen LogP contribution in [-0.4, -0.2) is 40.3 Å². The van der Waals surface area contributed by atoms with E-state index >= 15 is 0 Å². The molecular weight excluding hydrogens is 392 g/mol. The van der Waals surface area contributed by atoms with Crippen molar-refractivity contribution in [3.05, 3.63) is 11.6 Å². The standard InChI is InChI=1S/C26H40O5/c1-4-5-6-23(30)31-26(22(29)16-27)14-11-21-19-8-7-17-15-18(28)9-12-24(17,2)20(19)10-13-25(21,26)3/h15,19-22,27,29H,4-14,16H2,1-3H3/t19-,20+,21+,22?,24+,25+,26+/m1/s1. The summed E-state index contributed by atoms with van der Waals surface area (Å²) in [5, 5.41) is 20.9. The molecule has 4 rings (SSSR count). The third-order valence-electron chi connectivity index (χ3n) is 9.89. The Hall–Kier alpha value is -1.20. The first-order valence-corrected chi connectivity index (χ1v) is 12.5. The molecule has 0 aromatic rings. The first-order chi connectivity index (χ1) is 14.7. The summed E-state index contributed by atoms with van der Waals surface area (Å²) in [6.07, 6.45) is 10.0. The van der Waals surface area contributed by atoms with Gasteiger partial charge in [-0.1, -0.05) is 32.8 Å². The van der Waals surface area contributed by atoms with Crippen LogP contribution >= 0.6 is 0 Å². The number of rotatable bonds is 6. The average Bonchev–Trinajstić information content (AvgIpc) is 3.05. The molecule has 174 valence electrons. The van der Waals surface area contributed by atoms with Crippen LogP contribution in [0.25, 0.3) is 0 Å². The summed E-state index contributed by atoms with van der Waals surface area (Å²) < 4.78 is 6.15. The maximum Gasteiger partial charge on any atom is 0.306 e. The fourth-order valence-electron chi connectivity index (χ4n) is 8.10. The number of ether oxygens (including phenoxy) is 1. The Kier molecular flexibility index (Phi) is 6.15. The smallest absolute Gasteiger partial charge is 0.306 e. The van der Waals surface area contributed by atoms with Crippen LogP contribution in [0.15, 0.2) is 11.6 Å². The summed E-state index contributed by atoms with van der Waals surface area (Å²) in [5.41, 5.74) is 0.109. The summed E-state index contributed by atoms with van der Waals surface area (Å²) in [7, 11) is 0. The Labute approximate surface area is 186 Å². The molecule has 0 aromatic carbocycles. The van der Waals surface area contributed by atoms with Gasteiger partial charge in [-0.2, -0.15) is 0 Å². The summed E-state index contributed by atoms with van der Waals surface area (Å²) in [4.78, 5) is 24.7. The Morgan fingerprint density at radius 1 is 1.16 bits per heavy atom. The zero-order chi connectivity index (χ0) is 22.4. The van der Waals surface area contributed by atoms with Crippen LogP contribution in [0.5, 0.6) is 0 Å². The topological polar surface area (TPSA) is 83.8 Å². The maximum absolute atomic E-state index is 12.7. The second kappa shape index (κ2) is 8.30. The number of unbranched alkanes of at least 4 members (excludes halogenated alkanes) is 1. The molecule has 2 N–H and O–H groups in total. The van der Waals surface area contributed by atoms with Crippen molar-refractivity contribution < 1.29 is 24.5 Å². The Balaban J connectivity index is 1.64. The van der Waals surface area contributed by atoms with E-state index < -0.39 is 11.7 Å². The van der Waals surface area contributed by atoms with Gasteiger partial charge in [-0.05, 0) is 80.6 Å². The lowest BCUT2D eigenvalue weighted by molar-refractivity contribution is -0.215. The van der Waals surface area contributed by atoms with E-state index in [1.165, 1.54) is 5.57 Å². The molecule has 0 bridgehead atoms. The minimum Gasteiger partial charge on any atom is -0.456 e. The summed E-state index contributed by atoms with van der Waals surface area (Å²) in [6.45, 7) is 6.22. The van der Waals surface area contributed by atoms with Crippen molar-refractivity contribution in [3.8, 4) is 0 Å². The van der Waals surface area contributed by atoms with Crippen LogP contribution in [0, 0.1) is 28.6 Å². The molecule has 4 aliphatic carbocycles. The van der Waals surface area contributed by atoms with Gasteiger partial charge >= 0.3 is 5.97 Å². The Bertz CT molecular complexity index is 759. The number of carbonyl (C=O) groups is 2. The highest BCUT2D eigenvalue weighted by atomic mass is 16.6. The number of hydrogen-bond donors (Lipinski definition) is 2. The molecule has 3 fully saturated rings. The fourth-order valence-corrected chi connectivity index (χ4v) is 8.10. The lowest BCUT2D eigenvalue weighted by atomic mass is 9.46. The van der Waals surface area contributed by atoms with Crippen LogP contribution in [0.3, 0.4) is 0 Å². The number of aliphatic hydroxyl groups is 2. The van der Waals surface area contributed by atoms with Gasteiger partial charge in [-0.25, -0.2) is 0 Å². The molecule has 7 atom stereocenters. The normalized spacial score (nSPS) is 42.8. The number of fused-ring (bicyclic) bond motifs is 5. The number of aliphatic hydroxyl groups excluding tert-OH is 2. The minimum atomic E-state index is -1.05. The molecule has 0 amide bonds. The van der Waals surface area contributed by atoms with E-state index in [-0.39, 0.29) is 29.2 Å². The molecular formula is C26H40O5. The highest BCUT2D eigenvalue weighted by Gasteiger charge is 2.68. The highest BCUT2D eigenvalue weighted by molar-refractivity contribution is 5.91. The first kappa shape index (κ1) is 23.0. The van der Waals surface area contributed by atoms with Gasteiger partial charge in [0.25, 0.3) is 0 Å². The van der Waals surface area contributed by atoms with Crippen molar-refractivity contribution in [2.45, 2.75) is 103 Å². The van der Waals surface area contributed by atoms with Crippen LogP contribution < -0.4 is 0 Å². The predicted molar refractivity (Wildman–Crippen MR) is 118 cm³/mol. The molecule has 0 aromatic heterocycles. The molecule has 1 unspecified atom stereocenters. The third-order valence-corrected chi connectivity index (χ3v) is 9.89. The molecule has 0 heterocycles. The second-order valence-corrected chi connectivity index (χ2v) is 11.1. The summed E-state index contributed by atoms with van der Waals surface area (Å²) in [5.74, 6) is 1.44. The molecule has 0 aliphatic heterocycles. The van der Waals surface area contributed by atoms with Gasteiger partial charge in [0.05, 0.1) is 6.61 Å². The molecule has 5 heteroatoms. The largest absolute Gasteiger partial charge is 0.456 e. The maximum atomic E-state index is 12.7. The molecule has 4 aliphatic rings. The van der Waals surface area contributed by atoms with Crippen molar-refractivity contribution in [3.63, 3.8) is 0 Å². The van der Waals surface area contributed by atoms with Crippen molar-refractivity contribution in [1.29, 1.82) is 0 Å². The second-order valence-electron chi connectivity index (χ2n) is 11.1. The van der Waals surface area contributed by atoms with E-state index in [1.54, 1.807) is 0 Å². The zero-order valence-corrected chi connectivity index (χ0v) is 19.5. The van der Waals surface area contributed by atoms with Gasteiger partial charge in [-0.15, -0.1) is 0 Å². The summed E-state index contributed by atoms with van der Waals surface area (Å²) in [6, 6.07) is 0. The monoisotopic (exact) mass is 432 g/mol. The van der Waals surface area contributed by atoms with Gasteiger partial charge in [0.2, 0.25) is 0 Å². The van der Waals surface area contributed by atoms with Gasteiger partial charge in [0.15, 0.2) is 5.78 Å². The van der Waals surface area contributed by atoms with E-state index in [1.807, 2.05) is 13.0 Å². The van der Waals surface area contributed by atoms with Crippen LogP contribution in [0.2, 0.25) is 0 Å². The number of esters is 1. The van der Waals surface area contributed by atoms with Gasteiger partial charge in [0, 0.05) is 18.3 Å². The average molecular weight is 433 g/mol. The minimum absolute atomic E-state index is 0.0941. The SMILES string of the molecule is CCCCC(=O)O[C@]1(C(O)CO)CC[C@H]2[C@@H]3CCC4=CC(=O)CC[C@]4(C)[C@H]3CC[C@@]21C. The molecule has 3 saturated carbocycles. The molecule has 5 nitrogen and oxygen atoms in total. The Morgan fingerprint density at radius 2 is 1.90 bits per heavy atom. The number of carbonyl (C=O) groups excluding carboxylic acids is 2. The summed E-state index contributed by atoms with van der Waals surface area (Å²) >= 11 is 0. The third kappa shape index (κ3) is 3.42. The number of allylic oxidation sites excluding steroid dienone is 1. The molecule has 0 spiro atoms. The van der Waals surface area contributed by atoms with Gasteiger partial charge in [0.1, 0.15) is 11.7 Å². The van der Waals surface area contributed by atoms with E-state index in [2.05, 4.69) is 13.8 Å². The van der Waals surface area contributed by atoms with Crippen molar-refractivity contribution in [1.82, 2.24) is 0 Å². The molecule has 31 heavy (non-hydrogen) atoms. The van der Waals surface area contributed by atoms with Gasteiger partial charge in [-0.3, -0.25) is 9.59 Å². The first-order valence-electron chi connectivity index (χ1n) is 12.5. The Morgan fingerprint density at radius 3 is 2.61 bits per heavy atom. The highest BCUT2D eigenvalue weighted by Crippen LogP contribution is 2.68. The number of hydrogen-bond acceptors (Lipinski definition) is 5. The zero-order valence-electron chi connectivity index (χ0n) is 19.5. The van der Waals surface area contributed by atoms with E-state index in [9.17, 15) is 19.8 Å². The van der Waals surface area contributed by atoms with Crippen molar-refractivity contribution in [2.24, 2.45) is 28.6 Å². The van der Waals surface area contributed by atoms with Crippen molar-refractivity contribution in [2.75, 3.05) is 6.61 Å². The number of ketones is 1.